The number of rotatable bonds is 74. The summed E-state index contributed by atoms with van der Waals surface area (Å²) in [7, 11) is -246. The van der Waals surface area contributed by atoms with E-state index < -0.39 is 447 Å². The molecule has 2 N–H and O–H groups in total. The monoisotopic (exact) mass is 2890 g/mol. The van der Waals surface area contributed by atoms with Gasteiger partial charge in [0.25, 0.3) is 0 Å². The normalized spacial score (nSPS) is 12.0. The lowest BCUT2D eigenvalue weighted by Gasteiger charge is -2.34. The topological polar surface area (TPSA) is 974 Å². The van der Waals surface area contributed by atoms with Crippen LogP contribution in [0.2, 0.25) is 64.5 Å². The van der Waals surface area contributed by atoms with Crippen molar-refractivity contribution in [2.45, 2.75) is 157 Å². The third kappa shape index (κ3) is 42.2. The van der Waals surface area contributed by atoms with Gasteiger partial charge in [0.1, 0.15) is 0 Å². The van der Waals surface area contributed by atoms with Crippen LogP contribution in [0.25, 0.3) is 0 Å². The quantitative estimate of drug-likeness (QED) is 0.0247. The van der Waals surface area contributed by atoms with E-state index in [1.807, 2.05) is 6.92 Å². The molecule has 3 unspecified atom stereocenters. The first kappa shape index (κ1) is 145. The van der Waals surface area contributed by atoms with E-state index in [4.69, 9.17) is 22.4 Å². The second-order valence-corrected chi connectivity index (χ2v) is 288. The highest BCUT2D eigenvalue weighted by atomic mass is 30.2. The van der Waals surface area contributed by atoms with Gasteiger partial charge < -0.3 is 251 Å². The van der Waals surface area contributed by atoms with Gasteiger partial charge in [-0.1, -0.05) is 27.2 Å². The van der Waals surface area contributed by atoms with Crippen molar-refractivity contribution >= 4 is 430 Å². The fraction of sp³-hybridized carbons (Fsp3) is 0.909. The third-order valence-electron chi connectivity index (χ3n) is 18.9. The molecule has 0 saturated carbocycles. The van der Waals surface area contributed by atoms with Crippen LogP contribution in [0.3, 0.4) is 0 Å². The van der Waals surface area contributed by atoms with Crippen LogP contribution in [-0.4, -0.2) is 459 Å². The highest BCUT2D eigenvalue weighted by molar-refractivity contribution is 7.87. The number of unbranched alkanes of at least 4 members (excludes halogenated alkanes) is 1. The first-order valence-electron chi connectivity index (χ1n) is 39.9. The molecule has 0 aromatic heterocycles. The Labute approximate surface area is 878 Å². The van der Waals surface area contributed by atoms with E-state index in [2.05, 4.69) is 0 Å². The predicted octanol–water partition coefficient (Wildman–Crippen LogP) is -16.8. The summed E-state index contributed by atoms with van der Waals surface area (Å²) in [5, 5.41) is 0. The standard InChI is InChI=1S/C33H70O59Si53/c1-14-16-23-88-29(34)28(3)19-20-33(5,31(36)90-24-17-26-142(6,7)86)22-21-32(4,15-2)30(35)89-25-18-27-143(8,9)92-145(12,13)91-93(37)94(38)95(39)96(40)97(41)98(42)99(43)100(44)101(45)102(46)103(47)104(48)105(49)106(50)107(51)108(52)109(53)110(54)111(55)112(56)113(57)114(58)115(59)116(60)117(61)118(62)119(63)120(64)121(65)122(66)123(67)124(68)125(69)126(70)127(71)128(72)129(73)130(74)131(75)132(76)133(77)134(78)135(79)136(80)137(81)138(82)139(83)140(84)141(85)144(10,11)87/h28,86-87H,14-27H2,1-13H3. The van der Waals surface area contributed by atoms with Crippen LogP contribution >= 0.6 is 0 Å². The number of hydrogen-bond acceptors (Lipinski definition) is 59. The zero-order valence-corrected chi connectivity index (χ0v) is 130. The van der Waals surface area contributed by atoms with Gasteiger partial charge in [-0.3, -0.25) is 14.4 Å². The molecule has 0 saturated heterocycles. The van der Waals surface area contributed by atoms with Crippen molar-refractivity contribution in [1.29, 1.82) is 0 Å². The van der Waals surface area contributed by atoms with Gasteiger partial charge in [0.15, 0.2) is 16.6 Å². The molecule has 0 aliphatic heterocycles. The number of ether oxygens (including phenoxy) is 3. The average molecular weight is 2900 g/mol. The van der Waals surface area contributed by atoms with Crippen molar-refractivity contribution in [2.75, 3.05) is 19.8 Å². The first-order valence-corrected chi connectivity index (χ1v) is 170. The molecule has 0 spiro atoms. The lowest BCUT2D eigenvalue weighted by atomic mass is 9.73. The van der Waals surface area contributed by atoms with E-state index >= 15 is 0 Å². The Kier molecular flexibility index (Phi) is 64.0. The Hall–Kier alpha value is -0.215. The molecule has 145 heavy (non-hydrogen) atoms. The summed E-state index contributed by atoms with van der Waals surface area (Å²) in [4.78, 5) is 60.4. The zero-order chi connectivity index (χ0) is 114. The Bertz CT molecular complexity index is 6300. The molecule has 0 bridgehead atoms. The van der Waals surface area contributed by atoms with Crippen LogP contribution in [0.15, 0.2) is 0 Å². The van der Waals surface area contributed by atoms with E-state index in [1.165, 1.54) is 13.1 Å². The zero-order valence-electron chi connectivity index (χ0n) is 76.6. The van der Waals surface area contributed by atoms with Crippen molar-refractivity contribution in [2.24, 2.45) is 16.7 Å². The van der Waals surface area contributed by atoms with Crippen molar-refractivity contribution in [3.05, 3.63) is 0 Å². The van der Waals surface area contributed by atoms with Gasteiger partial charge in [-0.25, -0.2) is 0 Å². The van der Waals surface area contributed by atoms with Gasteiger partial charge in [0, 0.05) is 0 Å². The minimum atomic E-state index is -4.99. The van der Waals surface area contributed by atoms with Gasteiger partial charge in [-0.15, -0.1) is 0 Å². The van der Waals surface area contributed by atoms with Gasteiger partial charge in [-0.2, -0.15) is 0 Å². The molecular formula is C33H70O59Si53. The van der Waals surface area contributed by atoms with E-state index in [0.29, 0.717) is 18.9 Å². The molecule has 3 atom stereocenters. The molecular weight excluding hydrogens is 2830 g/mol. The SMILES string of the molecule is CCCCOC(=O)C(C)CCC(C)(CCC(C)(CC)C(=O)OCCC[Si](C)(C)O[Si](C)(C)O[Si](=O)[Si](=O)[Si](=O)[Si](=O)[Si](=O)[Si](=O)[Si](=O)[Si](=O)[Si](=O)[Si](=O)[Si](=O)[Si](=O)[Si](=O)[Si](=O)[Si](=O)[Si](=O)[Si](=O)[Si](=O)[Si](=O)[Si](=O)[Si](=O)[Si](=O)[Si](=O)[Si](=O)[Si](=O)[Si](=O)[Si](=O)[Si](=O)[Si](=O)[Si](=O)[Si](=O)[Si](=O)[Si](=O)[Si](=O)[Si](=O)[Si](=O)[Si](=O)[Si](=O)[Si](=O)[Si](=O)[Si](=O)[Si](=O)[Si](=O)[Si](=O)[Si](=O)[Si](=O)[Si](=O)[Si](=O)[Si](=O)[Si](C)(C)O)C(=O)OCCC[Si](C)(C)O. The molecule has 0 aromatic carbocycles. The lowest BCUT2D eigenvalue weighted by Crippen LogP contribution is -2.58. The summed E-state index contributed by atoms with van der Waals surface area (Å²) in [5.74, 6) is -2.16. The molecule has 59 nitrogen and oxygen atoms in total. The summed E-state index contributed by atoms with van der Waals surface area (Å²) in [5.41, 5.74) is -2.30. The van der Waals surface area contributed by atoms with E-state index in [0.717, 1.165) is 19.5 Å². The highest BCUT2D eigenvalue weighted by Gasteiger charge is 2.63. The van der Waals surface area contributed by atoms with Crippen LogP contribution in [0.4, 0.5) is 0 Å². The Morgan fingerprint density at radius 2 is 0.455 bits per heavy atom. The minimum absolute atomic E-state index is 0.0319. The fourth-order valence-corrected chi connectivity index (χ4v) is 606. The second kappa shape index (κ2) is 64.1. The smallest absolute Gasteiger partial charge is 0.533 e. The molecule has 112 heteroatoms. The van der Waals surface area contributed by atoms with Crippen molar-refractivity contribution in [3.63, 3.8) is 0 Å². The Balaban J connectivity index is 6.01. The fourth-order valence-electron chi connectivity index (χ4n) is 10.2. The Morgan fingerprint density at radius 1 is 0.262 bits per heavy atom. The first-order chi connectivity index (χ1) is 65.9. The van der Waals surface area contributed by atoms with Crippen LogP contribution < -0.4 is 0 Å². The van der Waals surface area contributed by atoms with Crippen molar-refractivity contribution in [3.8, 4) is 0 Å². The van der Waals surface area contributed by atoms with Gasteiger partial charge >= 0.3 is 405 Å². The molecule has 0 amide bonds. The van der Waals surface area contributed by atoms with E-state index in [1.54, 1.807) is 53.9 Å². The number of carbonyl (C=O) groups is 3. The van der Waals surface area contributed by atoms with Crippen LogP contribution in [0.1, 0.15) is 92.4 Å². The third-order valence-corrected chi connectivity index (χ3v) is 418. The molecule has 0 aliphatic rings. The van der Waals surface area contributed by atoms with E-state index in [9.17, 15) is 243 Å². The Morgan fingerprint density at radius 3 is 0.662 bits per heavy atom. The maximum atomic E-state index is 13.8. The second-order valence-electron chi connectivity index (χ2n) is 32.2. The summed E-state index contributed by atoms with van der Waals surface area (Å²) in [6.45, 7) is 20.1. The summed E-state index contributed by atoms with van der Waals surface area (Å²) in [6, 6.07) is 0.693. The van der Waals surface area contributed by atoms with Gasteiger partial charge in [-0.05, 0) is 130 Å². The minimum Gasteiger partial charge on any atom is -0.558 e. The van der Waals surface area contributed by atoms with Crippen molar-refractivity contribution < 1.29 is 265 Å². The lowest BCUT2D eigenvalue weighted by molar-refractivity contribution is -0.161. The average Bonchev–Trinajstić information content (AvgIpc) is 0.819. The van der Waals surface area contributed by atoms with E-state index in [-0.39, 0.29) is 64.4 Å². The summed E-state index contributed by atoms with van der Waals surface area (Å²) in [6.07, 6.45) is 3.06. The number of esters is 3. The number of carbonyl (C=O) groups excluding carboxylic acids is 3. The maximum absolute atomic E-state index is 13.8. The molecule has 0 aromatic rings. The molecule has 0 rings (SSSR count). The molecule has 768 valence electrons. The molecule has 0 radical (unpaired) electrons. The maximum Gasteiger partial charge on any atom is 0.533 e. The van der Waals surface area contributed by atoms with Crippen LogP contribution in [0, 0.1) is 16.7 Å². The number of hydrogen-bond donors (Lipinski definition) is 2. The molecule has 0 aliphatic carbocycles. The molecule has 0 fully saturated rings. The summed E-state index contributed by atoms with van der Waals surface area (Å²) >= 11 is 0. The molecule has 0 heterocycles. The van der Waals surface area contributed by atoms with Gasteiger partial charge in [0.2, 0.25) is 7.83 Å². The summed E-state index contributed by atoms with van der Waals surface area (Å²) < 4.78 is 664. The highest BCUT2D eigenvalue weighted by Crippen LogP contribution is 2.40. The van der Waals surface area contributed by atoms with Crippen LogP contribution in [-0.2, 0) is 255 Å². The van der Waals surface area contributed by atoms with Gasteiger partial charge in [0.05, 0.1) is 36.6 Å². The predicted molar refractivity (Wildman–Crippen MR) is 513 cm³/mol. The van der Waals surface area contributed by atoms with Crippen molar-refractivity contribution in [1.82, 2.24) is 0 Å². The van der Waals surface area contributed by atoms with Crippen LogP contribution in [0.5, 0.6) is 0 Å². The largest absolute Gasteiger partial charge is 0.558 e.